The van der Waals surface area contributed by atoms with Gasteiger partial charge in [-0.25, -0.2) is 4.79 Å². The lowest BCUT2D eigenvalue weighted by molar-refractivity contribution is -0.244. The standard InChI is InChI=1S/C25H25Cl2N3O8/c1-11(32)29-21-23(34)22(33)17(10-31)38-25(21)37-13-5-3-4-12(8-13)30-19-14-6-7-16(26)18(27)20(14)28-9-15(19)24(35)36-2/h3-9,17,21-23,25,31,33-34H,10H2,1-2H3,(H,28,30)(H,29,32)/t17-,21+,22+,23+,25-/m0/s1. The van der Waals surface area contributed by atoms with Gasteiger partial charge in [0.2, 0.25) is 12.2 Å². The van der Waals surface area contributed by atoms with Crippen molar-refractivity contribution in [3.05, 3.63) is 58.2 Å². The van der Waals surface area contributed by atoms with Gasteiger partial charge < -0.3 is 40.2 Å². The fourth-order valence-corrected chi connectivity index (χ4v) is 4.47. The summed E-state index contributed by atoms with van der Waals surface area (Å²) >= 11 is 12.5. The van der Waals surface area contributed by atoms with Crippen LogP contribution in [0.2, 0.25) is 10.0 Å². The molecule has 0 saturated carbocycles. The van der Waals surface area contributed by atoms with Gasteiger partial charge in [0.25, 0.3) is 0 Å². The van der Waals surface area contributed by atoms with Crippen molar-refractivity contribution in [2.24, 2.45) is 0 Å². The predicted molar refractivity (Wildman–Crippen MR) is 139 cm³/mol. The number of esters is 1. The lowest BCUT2D eigenvalue weighted by Gasteiger charge is -2.42. The van der Waals surface area contributed by atoms with Crippen LogP contribution in [-0.2, 0) is 14.3 Å². The van der Waals surface area contributed by atoms with Crippen LogP contribution in [0.25, 0.3) is 10.9 Å². The third-order valence-electron chi connectivity index (χ3n) is 5.94. The highest BCUT2D eigenvalue weighted by Crippen LogP contribution is 2.37. The number of aliphatic hydroxyl groups excluding tert-OH is 3. The molecule has 38 heavy (non-hydrogen) atoms. The fraction of sp³-hybridized carbons (Fsp3) is 0.320. The molecule has 5 N–H and O–H groups in total. The number of rotatable bonds is 7. The van der Waals surface area contributed by atoms with Gasteiger partial charge in [-0.3, -0.25) is 9.78 Å². The largest absolute Gasteiger partial charge is 0.465 e. The molecule has 202 valence electrons. The predicted octanol–water partition coefficient (Wildman–Crippen LogP) is 2.39. The number of fused-ring (bicyclic) bond motifs is 1. The second-order valence-electron chi connectivity index (χ2n) is 8.50. The topological polar surface area (TPSA) is 159 Å². The Labute approximate surface area is 227 Å². The number of aromatic nitrogens is 1. The Bertz CT molecular complexity index is 1360. The average Bonchev–Trinajstić information content (AvgIpc) is 2.90. The van der Waals surface area contributed by atoms with Crippen molar-refractivity contribution in [3.63, 3.8) is 0 Å². The number of aliphatic hydroxyl groups is 3. The van der Waals surface area contributed by atoms with Crippen LogP contribution in [0.5, 0.6) is 5.75 Å². The van der Waals surface area contributed by atoms with Crippen molar-refractivity contribution < 1.29 is 39.1 Å². The zero-order valence-electron chi connectivity index (χ0n) is 20.2. The maximum absolute atomic E-state index is 12.5. The summed E-state index contributed by atoms with van der Waals surface area (Å²) in [6.07, 6.45) is -3.95. The van der Waals surface area contributed by atoms with Gasteiger partial charge in [0.15, 0.2) is 0 Å². The van der Waals surface area contributed by atoms with Gasteiger partial charge in [-0.2, -0.15) is 0 Å². The third kappa shape index (κ3) is 5.63. The molecule has 0 bridgehead atoms. The molecular weight excluding hydrogens is 541 g/mol. The molecule has 1 fully saturated rings. The second-order valence-corrected chi connectivity index (χ2v) is 9.28. The van der Waals surface area contributed by atoms with Crippen molar-refractivity contribution >= 4 is 57.4 Å². The van der Waals surface area contributed by atoms with Crippen molar-refractivity contribution in [3.8, 4) is 5.75 Å². The molecule has 5 atom stereocenters. The Balaban J connectivity index is 1.68. The number of methoxy groups -OCH3 is 1. The van der Waals surface area contributed by atoms with Crippen molar-refractivity contribution in [1.29, 1.82) is 0 Å². The lowest BCUT2D eigenvalue weighted by atomic mass is 9.97. The first-order valence-corrected chi connectivity index (χ1v) is 12.2. The van der Waals surface area contributed by atoms with E-state index in [2.05, 4.69) is 15.6 Å². The van der Waals surface area contributed by atoms with Gasteiger partial charge in [-0.1, -0.05) is 29.3 Å². The number of carbonyl (C=O) groups is 2. The molecular formula is C25H25Cl2N3O8. The Morgan fingerprint density at radius 1 is 1.16 bits per heavy atom. The minimum Gasteiger partial charge on any atom is -0.465 e. The van der Waals surface area contributed by atoms with Crippen LogP contribution in [0.15, 0.2) is 42.6 Å². The number of anilines is 2. The fourth-order valence-electron chi connectivity index (χ4n) is 4.10. The monoisotopic (exact) mass is 565 g/mol. The highest BCUT2D eigenvalue weighted by atomic mass is 35.5. The molecule has 0 aliphatic carbocycles. The molecule has 4 rings (SSSR count). The maximum atomic E-state index is 12.5. The van der Waals surface area contributed by atoms with Crippen LogP contribution in [0.3, 0.4) is 0 Å². The minimum atomic E-state index is -1.46. The number of benzene rings is 2. The first-order chi connectivity index (χ1) is 18.1. The van der Waals surface area contributed by atoms with Gasteiger partial charge in [-0.15, -0.1) is 0 Å². The summed E-state index contributed by atoms with van der Waals surface area (Å²) in [7, 11) is 1.25. The molecule has 1 aliphatic heterocycles. The summed E-state index contributed by atoms with van der Waals surface area (Å²) in [5.41, 5.74) is 1.37. The number of hydrogen-bond donors (Lipinski definition) is 5. The Morgan fingerprint density at radius 2 is 1.92 bits per heavy atom. The smallest absolute Gasteiger partial charge is 0.341 e. The lowest BCUT2D eigenvalue weighted by Crippen LogP contribution is -2.65. The molecule has 13 heteroatoms. The van der Waals surface area contributed by atoms with Crippen LogP contribution < -0.4 is 15.4 Å². The molecule has 1 aliphatic rings. The van der Waals surface area contributed by atoms with Crippen molar-refractivity contribution in [2.45, 2.75) is 37.6 Å². The first kappa shape index (κ1) is 27.8. The zero-order valence-corrected chi connectivity index (χ0v) is 21.7. The number of hydrogen-bond acceptors (Lipinski definition) is 10. The average molecular weight is 566 g/mol. The Kier molecular flexibility index (Phi) is 8.56. The molecule has 2 heterocycles. The number of amides is 1. The summed E-state index contributed by atoms with van der Waals surface area (Å²) in [6, 6.07) is 8.69. The van der Waals surface area contributed by atoms with Gasteiger partial charge in [0.1, 0.15) is 35.7 Å². The van der Waals surface area contributed by atoms with E-state index in [1.54, 1.807) is 36.4 Å². The van der Waals surface area contributed by atoms with E-state index < -0.39 is 49.1 Å². The van der Waals surface area contributed by atoms with Crippen molar-refractivity contribution in [1.82, 2.24) is 10.3 Å². The highest BCUT2D eigenvalue weighted by molar-refractivity contribution is 6.45. The number of nitrogens with one attached hydrogen (secondary N) is 2. The van der Waals surface area contributed by atoms with Gasteiger partial charge in [0, 0.05) is 30.3 Å². The first-order valence-electron chi connectivity index (χ1n) is 11.4. The third-order valence-corrected chi connectivity index (χ3v) is 6.74. The zero-order chi connectivity index (χ0) is 27.6. The normalized spacial score (nSPS) is 23.1. The summed E-state index contributed by atoms with van der Waals surface area (Å²) in [5.74, 6) is -0.846. The summed E-state index contributed by atoms with van der Waals surface area (Å²) in [4.78, 5) is 28.5. The van der Waals surface area contributed by atoms with Gasteiger partial charge >= 0.3 is 5.97 Å². The number of halogens is 2. The Morgan fingerprint density at radius 3 is 2.61 bits per heavy atom. The molecule has 0 spiro atoms. The summed E-state index contributed by atoms with van der Waals surface area (Å²) in [5, 5.41) is 37.0. The number of carbonyl (C=O) groups excluding carboxylic acids is 2. The number of nitrogens with zero attached hydrogens (tertiary/aromatic N) is 1. The molecule has 0 unspecified atom stereocenters. The molecule has 1 saturated heterocycles. The van der Waals surface area contributed by atoms with Crippen LogP contribution >= 0.6 is 23.2 Å². The molecule has 11 nitrogen and oxygen atoms in total. The summed E-state index contributed by atoms with van der Waals surface area (Å²) < 4.78 is 16.5. The van der Waals surface area contributed by atoms with Crippen LogP contribution in [0.1, 0.15) is 17.3 Å². The highest BCUT2D eigenvalue weighted by Gasteiger charge is 2.46. The van der Waals surface area contributed by atoms with Gasteiger partial charge in [0.05, 0.1) is 35.0 Å². The Hall–Kier alpha value is -3.19. The van der Waals surface area contributed by atoms with E-state index in [-0.39, 0.29) is 16.3 Å². The number of pyridine rings is 1. The van der Waals surface area contributed by atoms with E-state index in [1.165, 1.54) is 20.2 Å². The summed E-state index contributed by atoms with van der Waals surface area (Å²) in [6.45, 7) is 0.667. The quantitative estimate of drug-likeness (QED) is 0.269. The van der Waals surface area contributed by atoms with Gasteiger partial charge in [-0.05, 0) is 24.3 Å². The molecule has 0 radical (unpaired) electrons. The van der Waals surface area contributed by atoms with E-state index in [1.807, 2.05) is 0 Å². The molecule has 3 aromatic rings. The van der Waals surface area contributed by atoms with Crippen LogP contribution in [0, 0.1) is 0 Å². The second kappa shape index (κ2) is 11.7. The van der Waals surface area contributed by atoms with E-state index in [0.717, 1.165) is 0 Å². The SMILES string of the molecule is COC(=O)c1cnc2c(Cl)c(Cl)ccc2c1Nc1cccc(O[C@H]2O[C@@H](CO)[C@@H](O)[C@H](O)[C@H]2NC(C)=O)c1. The van der Waals surface area contributed by atoms with Crippen LogP contribution in [-0.4, -0.2) is 76.5 Å². The van der Waals surface area contributed by atoms with E-state index in [0.29, 0.717) is 27.3 Å². The number of ether oxygens (including phenoxy) is 3. The van der Waals surface area contributed by atoms with E-state index >= 15 is 0 Å². The minimum absolute atomic E-state index is 0.147. The van der Waals surface area contributed by atoms with E-state index in [4.69, 9.17) is 37.4 Å². The molecule has 1 aromatic heterocycles. The van der Waals surface area contributed by atoms with E-state index in [9.17, 15) is 24.9 Å². The van der Waals surface area contributed by atoms with Crippen LogP contribution in [0.4, 0.5) is 11.4 Å². The maximum Gasteiger partial charge on any atom is 0.341 e. The van der Waals surface area contributed by atoms with Crippen molar-refractivity contribution in [2.75, 3.05) is 19.0 Å². The molecule has 1 amide bonds. The molecule has 2 aromatic carbocycles.